The van der Waals surface area contributed by atoms with E-state index in [1.807, 2.05) is 0 Å². The van der Waals surface area contributed by atoms with Gasteiger partial charge in [0.25, 0.3) is 0 Å². The van der Waals surface area contributed by atoms with Crippen LogP contribution in [0.4, 0.5) is 13.2 Å². The highest BCUT2D eigenvalue weighted by atomic mass is 79.9. The van der Waals surface area contributed by atoms with Crippen LogP contribution in [0.2, 0.25) is 0 Å². The third-order valence-electron chi connectivity index (χ3n) is 2.33. The molecule has 78 valence electrons. The molecule has 0 amide bonds. The highest BCUT2D eigenvalue weighted by molar-refractivity contribution is 9.09. The minimum atomic E-state index is -4.04. The molecule has 0 aliphatic carbocycles. The molecule has 0 bridgehead atoms. The van der Waals surface area contributed by atoms with E-state index in [1.54, 1.807) is 0 Å². The number of rotatable bonds is 2. The van der Waals surface area contributed by atoms with Crippen molar-refractivity contribution < 1.29 is 13.2 Å². The van der Waals surface area contributed by atoms with Gasteiger partial charge >= 0.3 is 6.18 Å². The molecule has 0 aromatic heterocycles. The van der Waals surface area contributed by atoms with Crippen LogP contribution in [0.3, 0.4) is 0 Å². The fourth-order valence-corrected chi connectivity index (χ4v) is 2.20. The van der Waals surface area contributed by atoms with Crippen LogP contribution >= 0.6 is 15.9 Å². The van der Waals surface area contributed by atoms with E-state index in [2.05, 4.69) is 15.9 Å². The second-order valence-electron chi connectivity index (χ2n) is 3.49. The molecule has 1 fully saturated rings. The summed E-state index contributed by atoms with van der Waals surface area (Å²) in [5.74, 6) is 0.560. The van der Waals surface area contributed by atoms with Crippen molar-refractivity contribution in [2.24, 2.45) is 5.92 Å². The van der Waals surface area contributed by atoms with Gasteiger partial charge in [-0.2, -0.15) is 13.2 Å². The third-order valence-corrected chi connectivity index (χ3v) is 3.24. The number of halogens is 4. The molecule has 1 aliphatic heterocycles. The predicted octanol–water partition coefficient (Wildman–Crippen LogP) is 2.66. The SMILES string of the molecule is FC(F)(F)CN1CCC(CBr)CC1. The molecular formula is C8H13BrF3N. The molecule has 1 heterocycles. The quantitative estimate of drug-likeness (QED) is 0.690. The van der Waals surface area contributed by atoms with Crippen molar-refractivity contribution in [2.45, 2.75) is 19.0 Å². The fourth-order valence-electron chi connectivity index (χ4n) is 1.55. The zero-order valence-corrected chi connectivity index (χ0v) is 8.87. The van der Waals surface area contributed by atoms with E-state index < -0.39 is 12.7 Å². The van der Waals surface area contributed by atoms with Crippen molar-refractivity contribution in [3.05, 3.63) is 0 Å². The van der Waals surface area contributed by atoms with Gasteiger partial charge in [0, 0.05) is 5.33 Å². The molecule has 0 saturated carbocycles. The van der Waals surface area contributed by atoms with E-state index in [1.165, 1.54) is 4.90 Å². The average Bonchev–Trinajstić information content (AvgIpc) is 2.03. The molecular weight excluding hydrogens is 247 g/mol. The molecule has 0 unspecified atom stereocenters. The van der Waals surface area contributed by atoms with Crippen molar-refractivity contribution in [1.82, 2.24) is 4.90 Å². The summed E-state index contributed by atoms with van der Waals surface area (Å²) >= 11 is 3.35. The molecule has 1 aliphatic rings. The van der Waals surface area contributed by atoms with Crippen molar-refractivity contribution in [3.8, 4) is 0 Å². The van der Waals surface area contributed by atoms with Gasteiger partial charge in [-0.3, -0.25) is 4.90 Å². The summed E-state index contributed by atoms with van der Waals surface area (Å²) in [6, 6.07) is 0. The van der Waals surface area contributed by atoms with E-state index in [4.69, 9.17) is 0 Å². The van der Waals surface area contributed by atoms with Gasteiger partial charge < -0.3 is 0 Å². The first-order chi connectivity index (χ1) is 6.01. The first-order valence-electron chi connectivity index (χ1n) is 4.36. The lowest BCUT2D eigenvalue weighted by molar-refractivity contribution is -0.148. The Bertz CT molecular complexity index is 152. The third kappa shape index (κ3) is 4.31. The molecule has 1 saturated heterocycles. The summed E-state index contributed by atoms with van der Waals surface area (Å²) in [4.78, 5) is 1.49. The largest absolute Gasteiger partial charge is 0.401 e. The Morgan fingerprint density at radius 2 is 1.77 bits per heavy atom. The van der Waals surface area contributed by atoms with Gasteiger partial charge in [0.2, 0.25) is 0 Å². The highest BCUT2D eigenvalue weighted by Crippen LogP contribution is 2.23. The fraction of sp³-hybridized carbons (Fsp3) is 1.00. The lowest BCUT2D eigenvalue weighted by Gasteiger charge is -2.31. The molecule has 0 N–H and O–H groups in total. The van der Waals surface area contributed by atoms with Crippen LogP contribution < -0.4 is 0 Å². The predicted molar refractivity (Wildman–Crippen MR) is 49.0 cm³/mol. The number of hydrogen-bond donors (Lipinski definition) is 0. The molecule has 1 nitrogen and oxygen atoms in total. The monoisotopic (exact) mass is 259 g/mol. The summed E-state index contributed by atoms with van der Waals surface area (Å²) < 4.78 is 35.9. The number of hydrogen-bond acceptors (Lipinski definition) is 1. The molecule has 0 atom stereocenters. The van der Waals surface area contributed by atoms with Crippen LogP contribution in [0.25, 0.3) is 0 Å². The maximum Gasteiger partial charge on any atom is 0.401 e. The molecule has 0 aromatic rings. The highest BCUT2D eigenvalue weighted by Gasteiger charge is 2.32. The summed E-state index contributed by atoms with van der Waals surface area (Å²) in [6.07, 6.45) is -2.29. The van der Waals surface area contributed by atoms with Gasteiger partial charge in [0.1, 0.15) is 0 Å². The average molecular weight is 260 g/mol. The summed E-state index contributed by atoms with van der Waals surface area (Å²) in [7, 11) is 0. The van der Waals surface area contributed by atoms with E-state index in [0.29, 0.717) is 19.0 Å². The summed E-state index contributed by atoms with van der Waals surface area (Å²) in [5, 5.41) is 0.910. The maximum absolute atomic E-state index is 12.0. The number of nitrogens with zero attached hydrogens (tertiary/aromatic N) is 1. The van der Waals surface area contributed by atoms with E-state index in [9.17, 15) is 13.2 Å². The zero-order chi connectivity index (χ0) is 9.90. The van der Waals surface area contributed by atoms with Crippen molar-refractivity contribution in [3.63, 3.8) is 0 Å². The van der Waals surface area contributed by atoms with Gasteiger partial charge in [0.05, 0.1) is 6.54 Å². The molecule has 0 spiro atoms. The second-order valence-corrected chi connectivity index (χ2v) is 4.14. The van der Waals surface area contributed by atoms with Crippen LogP contribution in [0.5, 0.6) is 0 Å². The standard InChI is InChI=1S/C8H13BrF3N/c9-5-7-1-3-13(4-2-7)6-8(10,11)12/h7H,1-6H2. The molecule has 0 aromatic carbocycles. The lowest BCUT2D eigenvalue weighted by Crippen LogP contribution is -2.40. The first-order valence-corrected chi connectivity index (χ1v) is 5.48. The smallest absolute Gasteiger partial charge is 0.295 e. The van der Waals surface area contributed by atoms with Gasteiger partial charge in [-0.1, -0.05) is 15.9 Å². The minimum absolute atomic E-state index is 0.560. The number of likely N-dealkylation sites (tertiary alicyclic amines) is 1. The zero-order valence-electron chi connectivity index (χ0n) is 7.28. The van der Waals surface area contributed by atoms with E-state index >= 15 is 0 Å². The van der Waals surface area contributed by atoms with Gasteiger partial charge in [-0.15, -0.1) is 0 Å². The number of piperidine rings is 1. The van der Waals surface area contributed by atoms with Crippen LogP contribution in [0.15, 0.2) is 0 Å². The van der Waals surface area contributed by atoms with Crippen LogP contribution in [0.1, 0.15) is 12.8 Å². The molecule has 13 heavy (non-hydrogen) atoms. The van der Waals surface area contributed by atoms with Crippen molar-refractivity contribution in [1.29, 1.82) is 0 Å². The molecule has 1 rings (SSSR count). The van der Waals surface area contributed by atoms with Gasteiger partial charge in [-0.05, 0) is 31.8 Å². The van der Waals surface area contributed by atoms with E-state index in [0.717, 1.165) is 18.2 Å². The van der Waals surface area contributed by atoms with Crippen molar-refractivity contribution >= 4 is 15.9 Å². The van der Waals surface area contributed by atoms with E-state index in [-0.39, 0.29) is 0 Å². The minimum Gasteiger partial charge on any atom is -0.295 e. The molecule has 0 radical (unpaired) electrons. The van der Waals surface area contributed by atoms with Gasteiger partial charge in [0.15, 0.2) is 0 Å². The summed E-state index contributed by atoms with van der Waals surface area (Å²) in [6.45, 7) is 0.410. The Hall–Kier alpha value is 0.230. The Balaban J connectivity index is 2.25. The second kappa shape index (κ2) is 4.64. The Labute approximate surface area is 84.4 Å². The Morgan fingerprint density at radius 1 is 1.23 bits per heavy atom. The van der Waals surface area contributed by atoms with Gasteiger partial charge in [-0.25, -0.2) is 0 Å². The lowest BCUT2D eigenvalue weighted by atomic mass is 9.99. The van der Waals surface area contributed by atoms with Crippen LogP contribution in [0, 0.1) is 5.92 Å². The Morgan fingerprint density at radius 3 is 2.15 bits per heavy atom. The Kier molecular flexibility index (Phi) is 4.04. The van der Waals surface area contributed by atoms with Crippen LogP contribution in [-0.2, 0) is 0 Å². The normalized spacial score (nSPS) is 22.2. The summed E-state index contributed by atoms with van der Waals surface area (Å²) in [5.41, 5.74) is 0. The maximum atomic E-state index is 12.0. The number of alkyl halides is 4. The topological polar surface area (TPSA) is 3.24 Å². The molecule has 5 heteroatoms. The van der Waals surface area contributed by atoms with Crippen LogP contribution in [-0.4, -0.2) is 36.0 Å². The first kappa shape index (κ1) is 11.3. The van der Waals surface area contributed by atoms with Crippen molar-refractivity contribution in [2.75, 3.05) is 25.0 Å².